The van der Waals surface area contributed by atoms with Crippen LogP contribution in [0.25, 0.3) is 0 Å². The van der Waals surface area contributed by atoms with Crippen LogP contribution in [0.3, 0.4) is 0 Å². The van der Waals surface area contributed by atoms with Crippen molar-refractivity contribution in [2.75, 3.05) is 30.7 Å². The highest BCUT2D eigenvalue weighted by Crippen LogP contribution is 2.25. The van der Waals surface area contributed by atoms with Crippen molar-refractivity contribution in [3.63, 3.8) is 0 Å². The molecule has 0 spiro atoms. The molecule has 1 amide bonds. The second-order valence-corrected chi connectivity index (χ2v) is 12.2. The molecule has 31 heavy (non-hydrogen) atoms. The zero-order valence-electron chi connectivity index (χ0n) is 18.6. The summed E-state index contributed by atoms with van der Waals surface area (Å²) in [5.41, 5.74) is 1.08. The van der Waals surface area contributed by atoms with Crippen molar-refractivity contribution in [1.29, 1.82) is 0 Å². The lowest BCUT2D eigenvalue weighted by molar-refractivity contribution is 0.0956. The third-order valence-corrected chi connectivity index (χ3v) is 7.41. The first-order valence-corrected chi connectivity index (χ1v) is 12.3. The fourth-order valence-corrected chi connectivity index (χ4v) is 4.61. The Labute approximate surface area is 189 Å². The molecule has 0 aromatic heterocycles. The Kier molecular flexibility index (Phi) is 8.50. The van der Waals surface area contributed by atoms with Crippen LogP contribution >= 0.6 is 11.8 Å². The van der Waals surface area contributed by atoms with Crippen molar-refractivity contribution in [2.24, 2.45) is 0 Å². The van der Waals surface area contributed by atoms with Crippen molar-refractivity contribution in [2.45, 2.75) is 32.1 Å². The smallest absolute Gasteiger partial charge is 0.303 e. The predicted molar refractivity (Wildman–Crippen MR) is 126 cm³/mol. The van der Waals surface area contributed by atoms with E-state index in [-0.39, 0.29) is 22.9 Å². The molecular weight excluding hydrogens is 437 g/mol. The normalized spacial score (nSPS) is 12.1. The van der Waals surface area contributed by atoms with Gasteiger partial charge in [0.15, 0.2) is 0 Å². The number of rotatable bonds is 9. The fourth-order valence-electron chi connectivity index (χ4n) is 2.69. The van der Waals surface area contributed by atoms with Gasteiger partial charge in [0, 0.05) is 36.7 Å². The Bertz CT molecular complexity index is 988. The number of nitrogens with one attached hydrogen (secondary N) is 1. The van der Waals surface area contributed by atoms with Gasteiger partial charge in [-0.1, -0.05) is 45.0 Å². The number of benzene rings is 2. The van der Waals surface area contributed by atoms with Gasteiger partial charge in [0.05, 0.1) is 12.2 Å². The lowest BCUT2D eigenvalue weighted by atomic mass is 10.1. The molecule has 6 nitrogen and oxygen atoms in total. The number of anilines is 1. The molecule has 0 aliphatic heterocycles. The third kappa shape index (κ3) is 7.22. The van der Waals surface area contributed by atoms with Gasteiger partial charge in [-0.05, 0) is 29.8 Å². The van der Waals surface area contributed by atoms with Gasteiger partial charge in [0.1, 0.15) is 5.82 Å². The van der Waals surface area contributed by atoms with Crippen LogP contribution in [0.2, 0.25) is 0 Å². The summed E-state index contributed by atoms with van der Waals surface area (Å²) in [6.45, 7) is 6.87. The molecule has 0 unspecified atom stereocenters. The summed E-state index contributed by atoms with van der Waals surface area (Å²) in [6.07, 6.45) is 0. The molecule has 2 rings (SSSR count). The van der Waals surface area contributed by atoms with Crippen LogP contribution in [0, 0.1) is 5.82 Å². The molecule has 1 N–H and O–H groups in total. The van der Waals surface area contributed by atoms with Crippen molar-refractivity contribution >= 4 is 33.6 Å². The minimum atomic E-state index is -3.92. The van der Waals surface area contributed by atoms with E-state index in [1.165, 1.54) is 32.3 Å². The summed E-state index contributed by atoms with van der Waals surface area (Å²) in [5.74, 6) is -0.00202. The molecule has 2 aromatic carbocycles. The number of hydrogen-bond donors (Lipinski definition) is 1. The number of amides is 1. The van der Waals surface area contributed by atoms with E-state index in [0.717, 1.165) is 14.4 Å². The summed E-state index contributed by atoms with van der Waals surface area (Å²) in [7, 11) is -1.13. The van der Waals surface area contributed by atoms with Gasteiger partial charge in [-0.2, -0.15) is 24.5 Å². The maximum absolute atomic E-state index is 14.3. The largest absolute Gasteiger partial charge is 0.351 e. The zero-order chi connectivity index (χ0) is 23.2. The second-order valence-electron chi connectivity index (χ2n) is 8.16. The Balaban J connectivity index is 2.13. The Hall–Kier alpha value is -2.10. The van der Waals surface area contributed by atoms with E-state index in [1.807, 2.05) is 0 Å². The van der Waals surface area contributed by atoms with Gasteiger partial charge in [0.2, 0.25) is 0 Å². The third-order valence-electron chi connectivity index (χ3n) is 4.33. The molecule has 0 aliphatic carbocycles. The van der Waals surface area contributed by atoms with Crippen molar-refractivity contribution in [1.82, 2.24) is 9.62 Å². The van der Waals surface area contributed by atoms with Crippen LogP contribution < -0.4 is 9.62 Å². The molecule has 0 aliphatic rings. The summed E-state index contributed by atoms with van der Waals surface area (Å²) in [6, 6.07) is 12.4. The molecule has 0 heterocycles. The van der Waals surface area contributed by atoms with Crippen molar-refractivity contribution in [3.05, 3.63) is 65.5 Å². The molecule has 9 heteroatoms. The van der Waals surface area contributed by atoms with Crippen LogP contribution in [0.4, 0.5) is 10.1 Å². The number of hydrogen-bond acceptors (Lipinski definition) is 4. The molecule has 0 fully saturated rings. The number of halogens is 1. The Morgan fingerprint density at radius 2 is 1.68 bits per heavy atom. The fraction of sp³-hybridized carbons (Fsp3) is 0.409. The van der Waals surface area contributed by atoms with Crippen LogP contribution in [0.1, 0.15) is 36.7 Å². The minimum Gasteiger partial charge on any atom is -0.351 e. The van der Waals surface area contributed by atoms with Crippen LogP contribution in [0.5, 0.6) is 0 Å². The van der Waals surface area contributed by atoms with Gasteiger partial charge in [0.25, 0.3) is 5.91 Å². The summed E-state index contributed by atoms with van der Waals surface area (Å²) in [4.78, 5) is 12.3. The monoisotopic (exact) mass is 467 g/mol. The van der Waals surface area contributed by atoms with Crippen LogP contribution in [0.15, 0.2) is 48.5 Å². The quantitative estimate of drug-likeness (QED) is 0.568. The Morgan fingerprint density at radius 1 is 1.06 bits per heavy atom. The first-order valence-electron chi connectivity index (χ1n) is 9.87. The van der Waals surface area contributed by atoms with E-state index in [2.05, 4.69) is 26.1 Å². The highest BCUT2D eigenvalue weighted by molar-refractivity contribution is 8.00. The number of carbonyl (C=O) groups is 1. The van der Waals surface area contributed by atoms with Crippen molar-refractivity contribution in [3.8, 4) is 0 Å². The van der Waals surface area contributed by atoms with Crippen LogP contribution in [-0.4, -0.2) is 49.8 Å². The molecule has 0 saturated heterocycles. The van der Waals surface area contributed by atoms with Gasteiger partial charge >= 0.3 is 10.2 Å². The van der Waals surface area contributed by atoms with E-state index < -0.39 is 16.0 Å². The lowest BCUT2D eigenvalue weighted by Crippen LogP contribution is -2.40. The molecule has 2 aromatic rings. The minimum absolute atomic E-state index is 0.0330. The maximum Gasteiger partial charge on any atom is 0.303 e. The maximum atomic E-state index is 14.3. The predicted octanol–water partition coefficient (Wildman–Crippen LogP) is 3.90. The van der Waals surface area contributed by atoms with E-state index >= 15 is 0 Å². The summed E-state index contributed by atoms with van der Waals surface area (Å²) < 4.78 is 42.1. The topological polar surface area (TPSA) is 69.7 Å². The summed E-state index contributed by atoms with van der Waals surface area (Å²) >= 11 is 1.77. The number of carbonyl (C=O) groups excluding carboxylic acids is 1. The first-order chi connectivity index (χ1) is 14.4. The van der Waals surface area contributed by atoms with Gasteiger partial charge in [-0.15, -0.1) is 0 Å². The molecule has 0 atom stereocenters. The lowest BCUT2D eigenvalue weighted by Gasteiger charge is -2.27. The second kappa shape index (κ2) is 10.5. The van der Waals surface area contributed by atoms with Crippen molar-refractivity contribution < 1.29 is 17.6 Å². The SMILES string of the molecule is CN(C)S(=O)(=O)N(Cc1ccc(C(=O)NCCSC(C)(C)C)cc1)c1ccccc1F. The standard InChI is InChI=1S/C22H30FN3O3S2/c1-22(2,3)30-15-14-24-21(27)18-12-10-17(11-13-18)16-26(31(28,29)25(4)5)20-9-7-6-8-19(20)23/h6-13H,14-16H2,1-5H3,(H,24,27). The first kappa shape index (κ1) is 25.2. The van der Waals surface area contributed by atoms with Gasteiger partial charge in [-0.3, -0.25) is 9.10 Å². The average Bonchev–Trinajstić information content (AvgIpc) is 2.69. The average molecular weight is 468 g/mol. The number of para-hydroxylation sites is 1. The van der Waals surface area contributed by atoms with Gasteiger partial charge in [-0.25, -0.2) is 4.39 Å². The van der Waals surface area contributed by atoms with Crippen LogP contribution in [-0.2, 0) is 16.8 Å². The van der Waals surface area contributed by atoms with E-state index in [4.69, 9.17) is 0 Å². The highest BCUT2D eigenvalue weighted by Gasteiger charge is 2.27. The molecule has 0 saturated carbocycles. The number of thioether (sulfide) groups is 1. The van der Waals surface area contributed by atoms with E-state index in [0.29, 0.717) is 17.7 Å². The summed E-state index contributed by atoms with van der Waals surface area (Å²) in [5, 5.41) is 2.88. The van der Waals surface area contributed by atoms with Gasteiger partial charge < -0.3 is 5.32 Å². The molecule has 0 radical (unpaired) electrons. The highest BCUT2D eigenvalue weighted by atomic mass is 32.2. The molecule has 0 bridgehead atoms. The van der Waals surface area contributed by atoms with E-state index in [1.54, 1.807) is 42.1 Å². The van der Waals surface area contributed by atoms with E-state index in [9.17, 15) is 17.6 Å². The zero-order valence-corrected chi connectivity index (χ0v) is 20.2. The number of nitrogens with zero attached hydrogens (tertiary/aromatic N) is 2. The molecular formula is C22H30FN3O3S2. The Morgan fingerprint density at radius 3 is 2.23 bits per heavy atom. The molecule has 170 valence electrons.